The molecule has 0 unspecified atom stereocenters. The second-order valence-corrected chi connectivity index (χ2v) is 9.99. The molecule has 1 aromatic heterocycles. The highest BCUT2D eigenvalue weighted by atomic mass is 35.5. The fourth-order valence-electron chi connectivity index (χ4n) is 5.60. The minimum atomic E-state index is -0.629. The number of benzene rings is 2. The van der Waals surface area contributed by atoms with Crippen LogP contribution in [0.1, 0.15) is 64.8 Å². The summed E-state index contributed by atoms with van der Waals surface area (Å²) >= 11 is 6.19. The van der Waals surface area contributed by atoms with Crippen LogP contribution in [0.25, 0.3) is 0 Å². The van der Waals surface area contributed by atoms with Crippen LogP contribution in [0.3, 0.4) is 0 Å². The van der Waals surface area contributed by atoms with Gasteiger partial charge in [0.25, 0.3) is 5.91 Å². The Morgan fingerprint density at radius 2 is 1.78 bits per heavy atom. The normalized spacial score (nSPS) is 23.7. The summed E-state index contributed by atoms with van der Waals surface area (Å²) in [6, 6.07) is 19.5. The lowest BCUT2D eigenvalue weighted by Gasteiger charge is -2.48. The Balaban J connectivity index is 1.54. The lowest BCUT2D eigenvalue weighted by Crippen LogP contribution is -2.55. The second-order valence-electron chi connectivity index (χ2n) is 9.55. The largest absolute Gasteiger partial charge is 0.391 e. The Bertz CT molecular complexity index is 1220. The van der Waals surface area contributed by atoms with Crippen LogP contribution in [-0.4, -0.2) is 45.5 Å². The number of pyridine rings is 1. The number of carbonyl (C=O) groups excluding carboxylic acids is 2. The highest BCUT2D eigenvalue weighted by Gasteiger charge is 2.48. The summed E-state index contributed by atoms with van der Waals surface area (Å²) < 4.78 is 0. The van der Waals surface area contributed by atoms with Crippen molar-refractivity contribution in [2.24, 2.45) is 0 Å². The average Bonchev–Trinajstić information content (AvgIpc) is 2.90. The molecule has 2 amide bonds. The molecule has 0 spiro atoms. The summed E-state index contributed by atoms with van der Waals surface area (Å²) in [5.41, 5.74) is 2.95. The number of rotatable bonds is 6. The van der Waals surface area contributed by atoms with Gasteiger partial charge in [-0.1, -0.05) is 60.8 Å². The van der Waals surface area contributed by atoms with Crippen LogP contribution < -0.4 is 5.32 Å². The van der Waals surface area contributed by atoms with Crippen molar-refractivity contribution in [3.05, 3.63) is 100 Å². The van der Waals surface area contributed by atoms with E-state index in [-0.39, 0.29) is 17.9 Å². The quantitative estimate of drug-likeness (QED) is 0.511. The molecule has 2 N–H and O–H groups in total. The van der Waals surface area contributed by atoms with Gasteiger partial charge in [0.1, 0.15) is 0 Å². The zero-order valence-corrected chi connectivity index (χ0v) is 20.8. The summed E-state index contributed by atoms with van der Waals surface area (Å²) in [6.45, 7) is 0.432. The average molecular weight is 504 g/mol. The highest BCUT2D eigenvalue weighted by molar-refractivity contribution is 6.30. The summed E-state index contributed by atoms with van der Waals surface area (Å²) in [7, 11) is 0. The lowest BCUT2D eigenvalue weighted by molar-refractivity contribution is -0.125. The van der Waals surface area contributed by atoms with Crippen LogP contribution in [0.15, 0.2) is 72.9 Å². The molecule has 5 rings (SSSR count). The molecule has 2 aromatic carbocycles. The Hall–Kier alpha value is -3.22. The molecule has 7 heteroatoms. The molecule has 0 radical (unpaired) electrons. The van der Waals surface area contributed by atoms with E-state index in [1.807, 2.05) is 48.5 Å². The van der Waals surface area contributed by atoms with Gasteiger partial charge in [0.05, 0.1) is 24.1 Å². The van der Waals surface area contributed by atoms with Crippen LogP contribution in [0.4, 0.5) is 0 Å². The van der Waals surface area contributed by atoms with Crippen molar-refractivity contribution in [2.45, 2.75) is 56.2 Å². The fourth-order valence-corrected chi connectivity index (χ4v) is 5.73. The maximum absolute atomic E-state index is 13.9. The molecular weight excluding hydrogens is 474 g/mol. The zero-order valence-electron chi connectivity index (χ0n) is 20.0. The minimum Gasteiger partial charge on any atom is -0.391 e. The third-order valence-corrected chi connectivity index (χ3v) is 7.58. The molecule has 1 fully saturated rings. The maximum atomic E-state index is 13.9. The van der Waals surface area contributed by atoms with E-state index in [4.69, 9.17) is 11.6 Å². The standard InChI is InChI=1S/C29H30ClN3O3/c30-20-14-12-19(13-15-20)27-26(28(35)32-18-16-21-7-5-6-17-31-21)22-8-1-2-9-23(22)29(36)33(27)24-10-3-4-11-25(24)34/h1-2,5-9,12-15,17,24-27,34H,3-4,10-11,16,18H2,(H,32,35)/t24-,25-,26+,27-/m0/s1. The first-order chi connectivity index (χ1) is 17.5. The molecule has 3 aromatic rings. The van der Waals surface area contributed by atoms with Crippen molar-refractivity contribution in [1.82, 2.24) is 15.2 Å². The van der Waals surface area contributed by atoms with E-state index in [2.05, 4.69) is 10.3 Å². The number of aliphatic hydroxyl groups excluding tert-OH is 1. The molecule has 6 nitrogen and oxygen atoms in total. The molecule has 0 saturated heterocycles. The highest BCUT2D eigenvalue weighted by Crippen LogP contribution is 2.46. The lowest BCUT2D eigenvalue weighted by atomic mass is 9.76. The number of aliphatic hydroxyl groups is 1. The van der Waals surface area contributed by atoms with Crippen molar-refractivity contribution < 1.29 is 14.7 Å². The van der Waals surface area contributed by atoms with Gasteiger partial charge in [0, 0.05) is 35.4 Å². The Kier molecular flexibility index (Phi) is 7.35. The summed E-state index contributed by atoms with van der Waals surface area (Å²) in [4.78, 5) is 33.9. The first-order valence-corrected chi connectivity index (χ1v) is 12.9. The molecule has 4 atom stereocenters. The van der Waals surface area contributed by atoms with E-state index >= 15 is 0 Å². The van der Waals surface area contributed by atoms with Crippen LogP contribution in [0.2, 0.25) is 5.02 Å². The minimum absolute atomic E-state index is 0.144. The van der Waals surface area contributed by atoms with E-state index in [0.29, 0.717) is 42.0 Å². The predicted molar refractivity (Wildman–Crippen MR) is 139 cm³/mol. The van der Waals surface area contributed by atoms with Crippen LogP contribution in [-0.2, 0) is 11.2 Å². The summed E-state index contributed by atoms with van der Waals surface area (Å²) in [5, 5.41) is 14.6. The molecule has 1 aliphatic carbocycles. The van der Waals surface area contributed by atoms with E-state index in [9.17, 15) is 14.7 Å². The molecule has 1 saturated carbocycles. The third-order valence-electron chi connectivity index (χ3n) is 7.33. The van der Waals surface area contributed by atoms with Gasteiger partial charge in [-0.25, -0.2) is 0 Å². The number of hydrogen-bond donors (Lipinski definition) is 2. The number of halogens is 1. The predicted octanol–water partition coefficient (Wildman–Crippen LogP) is 4.68. The van der Waals surface area contributed by atoms with Crippen LogP contribution >= 0.6 is 11.6 Å². The van der Waals surface area contributed by atoms with Gasteiger partial charge in [-0.05, 0) is 54.3 Å². The molecule has 0 bridgehead atoms. The van der Waals surface area contributed by atoms with Gasteiger partial charge in [0.15, 0.2) is 0 Å². The first kappa shape index (κ1) is 24.5. The first-order valence-electron chi connectivity index (χ1n) is 12.6. The number of carbonyl (C=O) groups is 2. The van der Waals surface area contributed by atoms with Gasteiger partial charge in [0.2, 0.25) is 5.91 Å². The van der Waals surface area contributed by atoms with Crippen molar-refractivity contribution in [3.63, 3.8) is 0 Å². The molecule has 2 heterocycles. The van der Waals surface area contributed by atoms with Crippen molar-refractivity contribution in [3.8, 4) is 0 Å². The van der Waals surface area contributed by atoms with Gasteiger partial charge >= 0.3 is 0 Å². The monoisotopic (exact) mass is 503 g/mol. The van der Waals surface area contributed by atoms with Gasteiger partial charge in [-0.15, -0.1) is 0 Å². The molecule has 36 heavy (non-hydrogen) atoms. The number of fused-ring (bicyclic) bond motifs is 1. The van der Waals surface area contributed by atoms with Gasteiger partial charge in [-0.3, -0.25) is 14.6 Å². The summed E-state index contributed by atoms with van der Waals surface area (Å²) in [6.07, 6.45) is 4.93. The Morgan fingerprint density at radius 1 is 1.03 bits per heavy atom. The smallest absolute Gasteiger partial charge is 0.255 e. The molecule has 186 valence electrons. The molecule has 1 aliphatic heterocycles. The SMILES string of the molecule is O=C(NCCc1ccccn1)[C@@H]1c2ccccc2C(=O)N([C@H]2CCCC[C@@H]2O)[C@H]1c1ccc(Cl)cc1. The Morgan fingerprint density at radius 3 is 2.53 bits per heavy atom. The van der Waals surface area contributed by atoms with E-state index < -0.39 is 18.1 Å². The van der Waals surface area contributed by atoms with Crippen molar-refractivity contribution >= 4 is 23.4 Å². The van der Waals surface area contributed by atoms with Crippen molar-refractivity contribution in [1.29, 1.82) is 0 Å². The Labute approximate surface area is 216 Å². The number of aromatic nitrogens is 1. The second kappa shape index (κ2) is 10.8. The third kappa shape index (κ3) is 4.88. The number of hydrogen-bond acceptors (Lipinski definition) is 4. The summed E-state index contributed by atoms with van der Waals surface area (Å²) in [5.74, 6) is -0.923. The number of nitrogens with one attached hydrogen (secondary N) is 1. The van der Waals surface area contributed by atoms with Crippen LogP contribution in [0.5, 0.6) is 0 Å². The number of nitrogens with zero attached hydrogens (tertiary/aromatic N) is 2. The van der Waals surface area contributed by atoms with Crippen LogP contribution in [0, 0.1) is 0 Å². The van der Waals surface area contributed by atoms with E-state index in [1.165, 1.54) is 0 Å². The van der Waals surface area contributed by atoms with E-state index in [0.717, 1.165) is 24.1 Å². The maximum Gasteiger partial charge on any atom is 0.255 e. The fraction of sp³-hybridized carbons (Fsp3) is 0.345. The van der Waals surface area contributed by atoms with Gasteiger partial charge in [-0.2, -0.15) is 0 Å². The molecule has 2 aliphatic rings. The van der Waals surface area contributed by atoms with Gasteiger partial charge < -0.3 is 15.3 Å². The molecular formula is C29H30ClN3O3. The number of amides is 2. The topological polar surface area (TPSA) is 82.5 Å². The van der Waals surface area contributed by atoms with E-state index in [1.54, 1.807) is 29.3 Å². The zero-order chi connectivity index (χ0) is 25.1. The van der Waals surface area contributed by atoms with Crippen molar-refractivity contribution in [2.75, 3.05) is 6.54 Å².